The largest absolute Gasteiger partial charge is 0.360 e. The highest BCUT2D eigenvalue weighted by atomic mass is 16.5. The summed E-state index contributed by atoms with van der Waals surface area (Å²) in [5.74, 6) is 1.56. The number of carbonyl (C=O) groups is 1. The van der Waals surface area contributed by atoms with Crippen LogP contribution in [0.15, 0.2) is 21.6 Å². The van der Waals surface area contributed by atoms with Crippen LogP contribution in [-0.2, 0) is 17.3 Å². The van der Waals surface area contributed by atoms with Crippen LogP contribution in [0.1, 0.15) is 30.7 Å². The Morgan fingerprint density at radius 1 is 1.41 bits per heavy atom. The van der Waals surface area contributed by atoms with Crippen LogP contribution >= 0.6 is 0 Å². The molecule has 3 aromatic heterocycles. The van der Waals surface area contributed by atoms with Crippen LogP contribution in [0.25, 0.3) is 11.0 Å². The highest BCUT2D eigenvalue weighted by molar-refractivity contribution is 5.91. The molecule has 150 valence electrons. The molecule has 29 heavy (non-hydrogen) atoms. The van der Waals surface area contributed by atoms with Gasteiger partial charge in [0.1, 0.15) is 10.8 Å². The third-order valence-electron chi connectivity index (χ3n) is 6.74. The molecule has 10 heteroatoms. The number of hydrogen-bond acceptors (Lipinski definition) is 7. The van der Waals surface area contributed by atoms with Gasteiger partial charge in [0.25, 0.3) is 5.56 Å². The standard InChI is InChI=1S/C19H21N7O3/c1-9-5-13(29-24-9)19(3-4-19)17(28)21-14-10-6-12(14)26(8-10)18-22-15-11(16(27)23-18)7-20-25(15)2/h5,7,10,12,14H,3-4,6,8H2,1-2H3,(H,21,28)(H,22,23,27). The normalized spacial score (nSPS) is 26.6. The number of nitrogens with one attached hydrogen (secondary N) is 2. The number of carbonyl (C=O) groups excluding carboxylic acids is 1. The molecule has 1 amide bonds. The second-order valence-corrected chi connectivity index (χ2v) is 8.52. The van der Waals surface area contributed by atoms with Crippen molar-refractivity contribution in [2.24, 2.45) is 13.0 Å². The van der Waals surface area contributed by atoms with Gasteiger partial charge in [-0.2, -0.15) is 10.1 Å². The molecule has 5 heterocycles. The molecular formula is C19H21N7O3. The summed E-state index contributed by atoms with van der Waals surface area (Å²) in [6.45, 7) is 2.62. The fourth-order valence-corrected chi connectivity index (χ4v) is 4.82. The monoisotopic (exact) mass is 395 g/mol. The minimum Gasteiger partial charge on any atom is -0.360 e. The maximum Gasteiger partial charge on any atom is 0.263 e. The van der Waals surface area contributed by atoms with Crippen molar-refractivity contribution in [3.8, 4) is 0 Å². The molecule has 2 N–H and O–H groups in total. The van der Waals surface area contributed by atoms with Crippen LogP contribution < -0.4 is 15.8 Å². The van der Waals surface area contributed by atoms with E-state index in [-0.39, 0.29) is 23.6 Å². The van der Waals surface area contributed by atoms with Crippen molar-refractivity contribution in [2.45, 2.75) is 43.7 Å². The van der Waals surface area contributed by atoms with E-state index in [0.717, 1.165) is 31.5 Å². The Morgan fingerprint density at radius 2 is 2.24 bits per heavy atom. The zero-order valence-electron chi connectivity index (χ0n) is 16.2. The van der Waals surface area contributed by atoms with E-state index in [2.05, 4.69) is 30.4 Å². The van der Waals surface area contributed by atoms with Crippen molar-refractivity contribution in [3.05, 3.63) is 34.1 Å². The first-order chi connectivity index (χ1) is 14.0. The highest BCUT2D eigenvalue weighted by Crippen LogP contribution is 2.50. The SMILES string of the molecule is Cc1cc(C2(C(=O)NC3C4CC3N(c3nc5c(cnn5C)c(=O)[nH]3)C4)CC2)on1. The third kappa shape index (κ3) is 2.25. The lowest BCUT2D eigenvalue weighted by Gasteiger charge is -2.37. The van der Waals surface area contributed by atoms with E-state index in [1.165, 1.54) is 6.20 Å². The molecule has 3 unspecified atom stereocenters. The van der Waals surface area contributed by atoms with Gasteiger partial charge in [0.05, 0.1) is 24.0 Å². The second kappa shape index (κ2) is 5.46. The van der Waals surface area contributed by atoms with E-state index in [9.17, 15) is 9.59 Å². The van der Waals surface area contributed by atoms with Gasteiger partial charge in [-0.15, -0.1) is 0 Å². The van der Waals surface area contributed by atoms with Gasteiger partial charge < -0.3 is 14.7 Å². The summed E-state index contributed by atoms with van der Waals surface area (Å²) >= 11 is 0. The number of amides is 1. The molecule has 2 aliphatic heterocycles. The van der Waals surface area contributed by atoms with Gasteiger partial charge >= 0.3 is 0 Å². The number of hydrogen-bond donors (Lipinski definition) is 2. The molecule has 0 aromatic carbocycles. The molecule has 0 radical (unpaired) electrons. The molecule has 4 aliphatic rings. The number of rotatable bonds is 4. The van der Waals surface area contributed by atoms with Crippen molar-refractivity contribution in [1.82, 2.24) is 30.2 Å². The smallest absolute Gasteiger partial charge is 0.263 e. The minimum absolute atomic E-state index is 0.0127. The van der Waals surface area contributed by atoms with Gasteiger partial charge in [-0.25, -0.2) is 0 Å². The molecule has 2 bridgehead atoms. The van der Waals surface area contributed by atoms with Crippen LogP contribution in [-0.4, -0.2) is 49.4 Å². The fraction of sp³-hybridized carbons (Fsp3) is 0.526. The molecule has 3 atom stereocenters. The van der Waals surface area contributed by atoms with E-state index in [0.29, 0.717) is 28.7 Å². The van der Waals surface area contributed by atoms with Crippen LogP contribution in [0.2, 0.25) is 0 Å². The van der Waals surface area contributed by atoms with Crippen LogP contribution in [0.3, 0.4) is 0 Å². The van der Waals surface area contributed by atoms with Crippen LogP contribution in [0.4, 0.5) is 5.95 Å². The van der Waals surface area contributed by atoms with Crippen molar-refractivity contribution >= 4 is 22.9 Å². The maximum absolute atomic E-state index is 13.0. The first-order valence-electron chi connectivity index (χ1n) is 9.90. The second-order valence-electron chi connectivity index (χ2n) is 8.52. The number of fused-ring (bicyclic) bond motifs is 2. The molecule has 0 spiro atoms. The Kier molecular flexibility index (Phi) is 3.15. The molecule has 2 saturated carbocycles. The molecule has 4 fully saturated rings. The van der Waals surface area contributed by atoms with Gasteiger partial charge in [0.15, 0.2) is 11.4 Å². The van der Waals surface area contributed by atoms with Crippen molar-refractivity contribution in [3.63, 3.8) is 0 Å². The number of anilines is 1. The number of aromatic nitrogens is 5. The minimum atomic E-state index is -0.568. The maximum atomic E-state index is 13.0. The lowest BCUT2D eigenvalue weighted by molar-refractivity contribution is -0.125. The summed E-state index contributed by atoms with van der Waals surface area (Å²) in [5.41, 5.74) is 0.586. The van der Waals surface area contributed by atoms with Gasteiger partial charge in [0, 0.05) is 25.6 Å². The molecular weight excluding hydrogens is 374 g/mol. The number of H-pyrrole nitrogens is 1. The Balaban J connectivity index is 1.24. The van der Waals surface area contributed by atoms with Gasteiger partial charge in [0.2, 0.25) is 11.9 Å². The predicted octanol–water partition coefficient (Wildman–Crippen LogP) is 0.378. The molecule has 2 aliphatic carbocycles. The van der Waals surface area contributed by atoms with Crippen molar-refractivity contribution < 1.29 is 9.32 Å². The average molecular weight is 395 g/mol. The predicted molar refractivity (Wildman–Crippen MR) is 102 cm³/mol. The van der Waals surface area contributed by atoms with E-state index in [1.807, 2.05) is 13.0 Å². The number of aryl methyl sites for hydroxylation is 2. The van der Waals surface area contributed by atoms with E-state index < -0.39 is 5.41 Å². The Labute approximate surface area is 165 Å². The van der Waals surface area contributed by atoms with Crippen molar-refractivity contribution in [1.29, 1.82) is 0 Å². The lowest BCUT2D eigenvalue weighted by Crippen LogP contribution is -2.56. The first kappa shape index (κ1) is 16.8. The molecule has 3 aromatic rings. The fourth-order valence-electron chi connectivity index (χ4n) is 4.82. The molecule has 7 rings (SSSR count). The van der Waals surface area contributed by atoms with Crippen LogP contribution in [0.5, 0.6) is 0 Å². The number of nitrogens with zero attached hydrogens (tertiary/aromatic N) is 5. The van der Waals surface area contributed by atoms with Gasteiger partial charge in [-0.05, 0) is 26.2 Å². The quantitative estimate of drug-likeness (QED) is 0.655. The first-order valence-corrected chi connectivity index (χ1v) is 9.90. The molecule has 2 saturated heterocycles. The Bertz CT molecular complexity index is 1200. The average Bonchev–Trinajstić information content (AvgIpc) is 3.05. The third-order valence-corrected chi connectivity index (χ3v) is 6.74. The summed E-state index contributed by atoms with van der Waals surface area (Å²) in [7, 11) is 1.77. The lowest BCUT2D eigenvalue weighted by atomic mass is 9.79. The van der Waals surface area contributed by atoms with Gasteiger partial charge in [-0.1, -0.05) is 5.16 Å². The number of aromatic amines is 1. The van der Waals surface area contributed by atoms with E-state index in [1.54, 1.807) is 11.7 Å². The summed E-state index contributed by atoms with van der Waals surface area (Å²) < 4.78 is 6.99. The van der Waals surface area contributed by atoms with E-state index >= 15 is 0 Å². The molecule has 10 nitrogen and oxygen atoms in total. The van der Waals surface area contributed by atoms with Gasteiger partial charge in [-0.3, -0.25) is 19.3 Å². The summed E-state index contributed by atoms with van der Waals surface area (Å²) in [6, 6.07) is 2.04. The Hall–Kier alpha value is -3.17. The summed E-state index contributed by atoms with van der Waals surface area (Å²) in [4.78, 5) is 35.0. The van der Waals surface area contributed by atoms with E-state index in [4.69, 9.17) is 4.52 Å². The van der Waals surface area contributed by atoms with Crippen molar-refractivity contribution in [2.75, 3.05) is 11.4 Å². The van der Waals surface area contributed by atoms with Crippen LogP contribution in [0, 0.1) is 12.8 Å². The zero-order chi connectivity index (χ0) is 19.9. The topological polar surface area (TPSA) is 122 Å². The highest BCUT2D eigenvalue weighted by Gasteiger charge is 2.59. The Morgan fingerprint density at radius 3 is 2.97 bits per heavy atom. The summed E-state index contributed by atoms with van der Waals surface area (Å²) in [5, 5.41) is 11.8. The summed E-state index contributed by atoms with van der Waals surface area (Å²) in [6.07, 6.45) is 4.07. The zero-order valence-corrected chi connectivity index (χ0v) is 16.2.